The van der Waals surface area contributed by atoms with Crippen molar-refractivity contribution in [2.75, 3.05) is 36.5 Å². The summed E-state index contributed by atoms with van der Waals surface area (Å²) in [5.74, 6) is 1.53. The third kappa shape index (κ3) is 5.22. The Labute approximate surface area is 212 Å². The summed E-state index contributed by atoms with van der Waals surface area (Å²) in [6.45, 7) is 9.28. The highest BCUT2D eigenvalue weighted by atomic mass is 16.3. The van der Waals surface area contributed by atoms with Crippen molar-refractivity contribution in [1.29, 1.82) is 0 Å². The molecule has 3 heterocycles. The number of aryl methyl sites for hydroxylation is 1. The molecular formula is C29H35N5O2. The number of aromatic nitrogens is 2. The summed E-state index contributed by atoms with van der Waals surface area (Å²) >= 11 is 0. The van der Waals surface area contributed by atoms with Gasteiger partial charge in [-0.05, 0) is 73.6 Å². The molecule has 36 heavy (non-hydrogen) atoms. The van der Waals surface area contributed by atoms with Gasteiger partial charge in [-0.3, -0.25) is 0 Å². The monoisotopic (exact) mass is 485 g/mol. The first-order chi connectivity index (χ1) is 17.5. The molecule has 1 fully saturated rings. The van der Waals surface area contributed by atoms with Gasteiger partial charge >= 0.3 is 0 Å². The number of benzene rings is 1. The lowest BCUT2D eigenvalue weighted by molar-refractivity contribution is 0.292. The molecule has 3 N–H and O–H groups in total. The van der Waals surface area contributed by atoms with E-state index in [1.165, 1.54) is 27.8 Å². The lowest BCUT2D eigenvalue weighted by Crippen LogP contribution is -2.34. The molecule has 3 aliphatic rings. The van der Waals surface area contributed by atoms with Crippen molar-refractivity contribution >= 4 is 11.8 Å². The summed E-state index contributed by atoms with van der Waals surface area (Å²) in [6, 6.07) is 13.6. The maximum Gasteiger partial charge on any atom is 0.222 e. The van der Waals surface area contributed by atoms with E-state index in [4.69, 9.17) is 9.52 Å². The molecule has 1 aliphatic carbocycles. The van der Waals surface area contributed by atoms with E-state index in [9.17, 15) is 0 Å². The predicted octanol–water partition coefficient (Wildman–Crippen LogP) is 5.18. The van der Waals surface area contributed by atoms with Crippen LogP contribution in [0.5, 0.6) is 0 Å². The Balaban J connectivity index is 1.21. The molecule has 1 aromatic heterocycles. The van der Waals surface area contributed by atoms with Gasteiger partial charge in [-0.15, -0.1) is 0 Å². The Morgan fingerprint density at radius 2 is 1.94 bits per heavy atom. The van der Waals surface area contributed by atoms with Gasteiger partial charge in [-0.2, -0.15) is 0 Å². The molecule has 0 saturated carbocycles. The smallest absolute Gasteiger partial charge is 0.222 e. The van der Waals surface area contributed by atoms with Gasteiger partial charge in [0.05, 0.1) is 0 Å². The standard InChI is InChI=1S/C29H35N5O2/c1-19-12-24-18-36-28(14-27(24)20(19)2)34-10-8-26(17-34)33-21(3)22-6-4-7-23(13-22)25-15-31-29(32-16-25)30-9-5-11-35/h4,6-7,12-16,18,21,26,33,35H,5,8-11,17H2,1-3H3,(H,30,31,32)/t21-,26?/m0/s1. The minimum Gasteiger partial charge on any atom is -0.448 e. The molecule has 188 valence electrons. The van der Waals surface area contributed by atoms with Crippen molar-refractivity contribution in [2.45, 2.75) is 45.7 Å². The summed E-state index contributed by atoms with van der Waals surface area (Å²) in [5.41, 5.74) is 8.43. The van der Waals surface area contributed by atoms with Crippen molar-refractivity contribution in [1.82, 2.24) is 15.3 Å². The van der Waals surface area contributed by atoms with E-state index in [-0.39, 0.29) is 12.6 Å². The van der Waals surface area contributed by atoms with E-state index >= 15 is 0 Å². The number of anilines is 2. The van der Waals surface area contributed by atoms with Gasteiger partial charge in [0.25, 0.3) is 0 Å². The predicted molar refractivity (Wildman–Crippen MR) is 145 cm³/mol. The van der Waals surface area contributed by atoms with Crippen LogP contribution in [0.1, 0.15) is 42.5 Å². The number of hydrogen-bond donors (Lipinski definition) is 3. The lowest BCUT2D eigenvalue weighted by Gasteiger charge is -2.22. The Morgan fingerprint density at radius 1 is 1.11 bits per heavy atom. The third-order valence-electron chi connectivity index (χ3n) is 7.23. The summed E-state index contributed by atoms with van der Waals surface area (Å²) in [6.07, 6.45) is 7.33. The molecule has 0 spiro atoms. The van der Waals surface area contributed by atoms with Crippen LogP contribution in [-0.4, -0.2) is 47.4 Å². The summed E-state index contributed by atoms with van der Waals surface area (Å²) in [5, 5.41) is 15.9. The summed E-state index contributed by atoms with van der Waals surface area (Å²) in [4.78, 5) is 11.2. The second-order valence-corrected chi connectivity index (χ2v) is 9.78. The topological polar surface area (TPSA) is 86.5 Å². The van der Waals surface area contributed by atoms with Crippen LogP contribution in [-0.2, 0) is 0 Å². The van der Waals surface area contributed by atoms with Gasteiger partial charge in [0.1, 0.15) is 6.26 Å². The van der Waals surface area contributed by atoms with Crippen LogP contribution >= 0.6 is 0 Å². The molecule has 7 nitrogen and oxygen atoms in total. The maximum absolute atomic E-state index is 8.91. The Morgan fingerprint density at radius 3 is 2.75 bits per heavy atom. The molecule has 0 radical (unpaired) electrons. The highest BCUT2D eigenvalue weighted by Gasteiger charge is 2.26. The normalized spacial score (nSPS) is 16.6. The fourth-order valence-corrected chi connectivity index (χ4v) is 4.97. The van der Waals surface area contributed by atoms with Crippen LogP contribution in [0.2, 0.25) is 0 Å². The van der Waals surface area contributed by atoms with Crippen LogP contribution < -0.4 is 15.5 Å². The number of aliphatic hydroxyl groups excluding tert-OH is 1. The van der Waals surface area contributed by atoms with Gasteiger partial charge < -0.3 is 25.1 Å². The van der Waals surface area contributed by atoms with Crippen LogP contribution in [0, 0.1) is 13.8 Å². The first-order valence-electron chi connectivity index (χ1n) is 12.8. The van der Waals surface area contributed by atoms with Gasteiger partial charge in [-0.1, -0.05) is 18.2 Å². The zero-order valence-corrected chi connectivity index (χ0v) is 21.3. The number of nitrogens with zero attached hydrogens (tertiary/aromatic N) is 3. The van der Waals surface area contributed by atoms with Crippen LogP contribution in [0.25, 0.3) is 22.3 Å². The Kier molecular flexibility index (Phi) is 7.20. The maximum atomic E-state index is 8.91. The molecule has 2 aliphatic heterocycles. The second-order valence-electron chi connectivity index (χ2n) is 9.78. The van der Waals surface area contributed by atoms with Crippen LogP contribution in [0.15, 0.2) is 59.5 Å². The van der Waals surface area contributed by atoms with Crippen molar-refractivity contribution in [2.24, 2.45) is 0 Å². The third-order valence-corrected chi connectivity index (χ3v) is 7.23. The molecule has 5 rings (SSSR count). The van der Waals surface area contributed by atoms with Crippen LogP contribution in [0.3, 0.4) is 0 Å². The quantitative estimate of drug-likeness (QED) is 0.282. The zero-order chi connectivity index (χ0) is 25.1. The van der Waals surface area contributed by atoms with Crippen molar-refractivity contribution in [3.05, 3.63) is 71.7 Å². The molecule has 1 unspecified atom stereocenters. The molecule has 1 aromatic carbocycles. The molecule has 1 saturated heterocycles. The van der Waals surface area contributed by atoms with Crippen LogP contribution in [0.4, 0.5) is 11.8 Å². The molecule has 0 amide bonds. The molecule has 0 bridgehead atoms. The largest absolute Gasteiger partial charge is 0.448 e. The first kappa shape index (κ1) is 24.3. The van der Waals surface area contributed by atoms with E-state index in [0.717, 1.165) is 36.5 Å². The first-order valence-corrected chi connectivity index (χ1v) is 12.8. The van der Waals surface area contributed by atoms with E-state index in [1.807, 2.05) is 18.7 Å². The molecule has 2 atom stereocenters. The second kappa shape index (κ2) is 10.7. The Bertz CT molecular complexity index is 1270. The Hall–Kier alpha value is -3.42. The zero-order valence-electron chi connectivity index (χ0n) is 21.3. The minimum absolute atomic E-state index is 0.155. The number of hydrogen-bond acceptors (Lipinski definition) is 7. The average Bonchev–Trinajstić information content (AvgIpc) is 3.48. The highest BCUT2D eigenvalue weighted by Crippen LogP contribution is 2.35. The fraction of sp³-hybridized carbons (Fsp3) is 0.379. The summed E-state index contributed by atoms with van der Waals surface area (Å²) in [7, 11) is 0. The number of aliphatic hydroxyl groups is 1. The van der Waals surface area contributed by atoms with Gasteiger partial charge in [-0.25, -0.2) is 9.97 Å². The number of fused-ring (bicyclic) bond motifs is 1. The number of rotatable bonds is 9. The highest BCUT2D eigenvalue weighted by molar-refractivity contribution is 5.74. The van der Waals surface area contributed by atoms with E-state index < -0.39 is 0 Å². The van der Waals surface area contributed by atoms with E-state index in [2.05, 4.69) is 82.7 Å². The SMILES string of the molecule is Cc1cc2coc(N3CCC(N[C@@H](C)c4cccc(-c5cnc(NCCCO)nc5)c4)C3)cc-2c1C. The van der Waals surface area contributed by atoms with Gasteiger partial charge in [0.2, 0.25) is 5.95 Å². The minimum atomic E-state index is 0.155. The average molecular weight is 486 g/mol. The number of nitrogens with one attached hydrogen (secondary N) is 2. The van der Waals surface area contributed by atoms with Gasteiger partial charge in [0, 0.05) is 67.9 Å². The van der Waals surface area contributed by atoms with Crippen molar-refractivity contribution < 1.29 is 9.52 Å². The summed E-state index contributed by atoms with van der Waals surface area (Å²) < 4.78 is 6.00. The van der Waals surface area contributed by atoms with Gasteiger partial charge in [0.15, 0.2) is 5.88 Å². The fourth-order valence-electron chi connectivity index (χ4n) is 4.97. The van der Waals surface area contributed by atoms with Crippen molar-refractivity contribution in [3.8, 4) is 22.3 Å². The van der Waals surface area contributed by atoms with E-state index in [0.29, 0.717) is 25.0 Å². The molecule has 2 aromatic rings. The van der Waals surface area contributed by atoms with Crippen molar-refractivity contribution in [3.63, 3.8) is 0 Å². The molecular weight excluding hydrogens is 450 g/mol. The molecule has 7 heteroatoms. The van der Waals surface area contributed by atoms with E-state index in [1.54, 1.807) is 0 Å². The lowest BCUT2D eigenvalue weighted by atomic mass is 10.0.